The van der Waals surface area contributed by atoms with E-state index >= 15 is 0 Å². The zero-order chi connectivity index (χ0) is 8.15. The van der Waals surface area contributed by atoms with Gasteiger partial charge >= 0.3 is 11.9 Å². The van der Waals surface area contributed by atoms with Crippen molar-refractivity contribution in [1.29, 1.82) is 0 Å². The molecule has 2 N–H and O–H groups in total. The number of esters is 2. The van der Waals surface area contributed by atoms with Crippen LogP contribution >= 0.6 is 0 Å². The predicted molar refractivity (Wildman–Crippen MR) is 30.8 cm³/mol. The van der Waals surface area contributed by atoms with Crippen molar-refractivity contribution in [2.24, 2.45) is 5.73 Å². The monoisotopic (exact) mass is 145 g/mol. The van der Waals surface area contributed by atoms with Gasteiger partial charge in [-0.3, -0.25) is 9.59 Å². The summed E-state index contributed by atoms with van der Waals surface area (Å²) in [5.74, 6) is -2.89. The van der Waals surface area contributed by atoms with E-state index in [0.29, 0.717) is 0 Å². The van der Waals surface area contributed by atoms with Crippen LogP contribution in [0.1, 0.15) is 6.92 Å². The Labute approximate surface area is 57.1 Å². The van der Waals surface area contributed by atoms with Crippen molar-refractivity contribution in [2.45, 2.75) is 6.92 Å². The third-order valence-electron chi connectivity index (χ3n) is 0.661. The molecule has 0 spiro atoms. The highest BCUT2D eigenvalue weighted by atomic mass is 16.6. The van der Waals surface area contributed by atoms with Gasteiger partial charge in [-0.1, -0.05) is 0 Å². The van der Waals surface area contributed by atoms with Crippen molar-refractivity contribution in [3.8, 4) is 0 Å². The molecular formula is C5H7NO4. The molecule has 56 valence electrons. The minimum absolute atomic E-state index is 0.404. The Bertz CT molecular complexity index is 174. The molecule has 0 unspecified atom stereocenters. The van der Waals surface area contributed by atoms with E-state index < -0.39 is 24.3 Å². The van der Waals surface area contributed by atoms with Gasteiger partial charge in [-0.2, -0.15) is 0 Å². The lowest BCUT2D eigenvalue weighted by molar-refractivity contribution is -0.162. The van der Waals surface area contributed by atoms with Gasteiger partial charge in [0.15, 0.2) is 0 Å². The van der Waals surface area contributed by atoms with Crippen LogP contribution in [0.4, 0.5) is 0 Å². The van der Waals surface area contributed by atoms with Gasteiger partial charge in [-0.05, 0) is 0 Å². The largest absolute Gasteiger partial charge is 0.386 e. The van der Waals surface area contributed by atoms with Crippen molar-refractivity contribution in [3.05, 3.63) is 0 Å². The number of Topliss-reactive ketones (excluding diaryl/α,β-unsaturated/α-hetero) is 1. The molecule has 0 rings (SSSR count). The Morgan fingerprint density at radius 2 is 1.90 bits per heavy atom. The fraction of sp³-hybridized carbons (Fsp3) is 0.400. The first-order valence-electron chi connectivity index (χ1n) is 2.53. The summed E-state index contributed by atoms with van der Waals surface area (Å²) in [5.41, 5.74) is 4.78. The van der Waals surface area contributed by atoms with Gasteiger partial charge in [-0.25, -0.2) is 4.79 Å². The zero-order valence-electron chi connectivity index (χ0n) is 5.42. The summed E-state index contributed by atoms with van der Waals surface area (Å²) >= 11 is 0. The van der Waals surface area contributed by atoms with Gasteiger partial charge in [0.25, 0.3) is 0 Å². The minimum Gasteiger partial charge on any atom is -0.386 e. The van der Waals surface area contributed by atoms with E-state index in [1.165, 1.54) is 0 Å². The maximum Gasteiger partial charge on any atom is 0.381 e. The Morgan fingerprint density at radius 3 is 2.20 bits per heavy atom. The Morgan fingerprint density at radius 1 is 1.40 bits per heavy atom. The lowest BCUT2D eigenvalue weighted by Gasteiger charge is -1.94. The molecule has 0 saturated carbocycles. The normalized spacial score (nSPS) is 8.60. The lowest BCUT2D eigenvalue weighted by atomic mass is 10.5. The highest BCUT2D eigenvalue weighted by Crippen LogP contribution is 1.79. The summed E-state index contributed by atoms with van der Waals surface area (Å²) in [6, 6.07) is 0. The van der Waals surface area contributed by atoms with E-state index in [-0.39, 0.29) is 0 Å². The third kappa shape index (κ3) is 2.93. The Kier molecular flexibility index (Phi) is 3.27. The van der Waals surface area contributed by atoms with Crippen molar-refractivity contribution in [3.63, 3.8) is 0 Å². The fourth-order valence-corrected chi connectivity index (χ4v) is 0.217. The first-order valence-corrected chi connectivity index (χ1v) is 2.53. The number of nitrogens with two attached hydrogens (primary N) is 1. The van der Waals surface area contributed by atoms with Crippen molar-refractivity contribution < 1.29 is 19.1 Å². The summed E-state index contributed by atoms with van der Waals surface area (Å²) in [7, 11) is 0. The summed E-state index contributed by atoms with van der Waals surface area (Å²) in [6.45, 7) is 0.602. The molecule has 0 aliphatic carbocycles. The number of carbonyl (C=O) groups is 3. The smallest absolute Gasteiger partial charge is 0.381 e. The molecule has 5 nitrogen and oxygen atoms in total. The second-order valence-corrected chi connectivity index (χ2v) is 1.52. The van der Waals surface area contributed by atoms with Crippen LogP contribution in [0.2, 0.25) is 0 Å². The molecule has 0 radical (unpaired) electrons. The number of hydrogen-bond donors (Lipinski definition) is 1. The quantitative estimate of drug-likeness (QED) is 0.293. The van der Waals surface area contributed by atoms with Crippen LogP contribution in [0.25, 0.3) is 0 Å². The third-order valence-corrected chi connectivity index (χ3v) is 0.661. The van der Waals surface area contributed by atoms with Gasteiger partial charge in [0.05, 0.1) is 6.54 Å². The highest BCUT2D eigenvalue weighted by molar-refractivity contribution is 6.34. The van der Waals surface area contributed by atoms with Crippen LogP contribution < -0.4 is 5.73 Å². The summed E-state index contributed by atoms with van der Waals surface area (Å²) in [5, 5.41) is 0. The molecule has 0 aliphatic heterocycles. The molecule has 0 heterocycles. The van der Waals surface area contributed by atoms with Crippen LogP contribution in [0, 0.1) is 0 Å². The Hall–Kier alpha value is -1.23. The maximum atomic E-state index is 10.3. The van der Waals surface area contributed by atoms with Gasteiger partial charge in [0.2, 0.25) is 5.78 Å². The van der Waals surface area contributed by atoms with Gasteiger partial charge in [0, 0.05) is 6.92 Å². The highest BCUT2D eigenvalue weighted by Gasteiger charge is 2.12. The number of ketones is 1. The topological polar surface area (TPSA) is 86.5 Å². The number of hydrogen-bond acceptors (Lipinski definition) is 5. The summed E-state index contributed by atoms with van der Waals surface area (Å²) in [4.78, 5) is 30.6. The van der Waals surface area contributed by atoms with Crippen molar-refractivity contribution >= 4 is 17.7 Å². The average molecular weight is 145 g/mol. The molecule has 10 heavy (non-hydrogen) atoms. The van der Waals surface area contributed by atoms with Crippen LogP contribution in [0.15, 0.2) is 0 Å². The lowest BCUT2D eigenvalue weighted by Crippen LogP contribution is -2.24. The molecule has 0 aromatic rings. The molecule has 0 aliphatic rings. The second-order valence-electron chi connectivity index (χ2n) is 1.52. The van der Waals surface area contributed by atoms with E-state index in [9.17, 15) is 14.4 Å². The van der Waals surface area contributed by atoms with Crippen LogP contribution in [0.3, 0.4) is 0 Å². The van der Waals surface area contributed by atoms with Crippen molar-refractivity contribution in [2.75, 3.05) is 6.54 Å². The molecule has 0 fully saturated rings. The van der Waals surface area contributed by atoms with Gasteiger partial charge in [0.1, 0.15) is 0 Å². The molecule has 5 heteroatoms. The van der Waals surface area contributed by atoms with Gasteiger partial charge in [-0.15, -0.1) is 0 Å². The predicted octanol–water partition coefficient (Wildman–Crippen LogP) is -1.40. The molecule has 0 amide bonds. The second kappa shape index (κ2) is 3.73. The standard InChI is InChI=1S/C5H7NO4/c1-3(7)5(9)10-4(8)2-6/h2,6H2,1H3. The number of rotatable bonds is 2. The molecule has 0 saturated heterocycles. The summed E-state index contributed by atoms with van der Waals surface area (Å²) in [6.07, 6.45) is 0. The van der Waals surface area contributed by atoms with Crippen molar-refractivity contribution in [1.82, 2.24) is 0 Å². The van der Waals surface area contributed by atoms with Crippen LogP contribution in [-0.4, -0.2) is 24.3 Å². The van der Waals surface area contributed by atoms with E-state index in [1.807, 2.05) is 0 Å². The molecule has 0 aromatic heterocycles. The van der Waals surface area contributed by atoms with E-state index in [0.717, 1.165) is 6.92 Å². The molecular weight excluding hydrogens is 138 g/mol. The molecule has 0 atom stereocenters. The Balaban J connectivity index is 3.80. The zero-order valence-corrected chi connectivity index (χ0v) is 5.42. The van der Waals surface area contributed by atoms with E-state index in [4.69, 9.17) is 5.73 Å². The molecule has 0 bridgehead atoms. The molecule has 0 aromatic carbocycles. The average Bonchev–Trinajstić information content (AvgIpc) is 1.87. The van der Waals surface area contributed by atoms with E-state index in [2.05, 4.69) is 4.74 Å². The van der Waals surface area contributed by atoms with Crippen LogP contribution in [-0.2, 0) is 19.1 Å². The minimum atomic E-state index is -1.17. The number of carbonyl (C=O) groups excluding carboxylic acids is 3. The number of ether oxygens (including phenoxy) is 1. The first-order chi connectivity index (χ1) is 4.57. The van der Waals surface area contributed by atoms with Gasteiger partial charge < -0.3 is 10.5 Å². The van der Waals surface area contributed by atoms with E-state index in [1.54, 1.807) is 0 Å². The van der Waals surface area contributed by atoms with Crippen LogP contribution in [0.5, 0.6) is 0 Å². The maximum absolute atomic E-state index is 10.3. The fourth-order valence-electron chi connectivity index (χ4n) is 0.217. The summed E-state index contributed by atoms with van der Waals surface area (Å²) < 4.78 is 3.91. The first kappa shape index (κ1) is 8.77. The SMILES string of the molecule is CC(=O)C(=O)OC(=O)CN.